The van der Waals surface area contributed by atoms with Crippen LogP contribution in [0.2, 0.25) is 0 Å². The van der Waals surface area contributed by atoms with Gasteiger partial charge in [-0.25, -0.2) is 4.98 Å². The minimum atomic E-state index is 0.781. The summed E-state index contributed by atoms with van der Waals surface area (Å²) in [6.07, 6.45) is 4.22. The van der Waals surface area contributed by atoms with Crippen molar-refractivity contribution in [1.82, 2.24) is 14.9 Å². The third kappa shape index (κ3) is 2.61. The highest BCUT2D eigenvalue weighted by Crippen LogP contribution is 2.39. The number of aromatic nitrogens is 2. The number of benzene rings is 4. The molecule has 0 spiro atoms. The highest BCUT2D eigenvalue weighted by molar-refractivity contribution is 9.10. The molecule has 4 heteroatoms. The van der Waals surface area contributed by atoms with Crippen molar-refractivity contribution in [2.45, 2.75) is 6.54 Å². The van der Waals surface area contributed by atoms with Crippen LogP contribution in [0.5, 0.6) is 0 Å². The van der Waals surface area contributed by atoms with Crippen LogP contribution < -0.4 is 5.32 Å². The van der Waals surface area contributed by atoms with Crippen LogP contribution in [0.15, 0.2) is 89.5 Å². The summed E-state index contributed by atoms with van der Waals surface area (Å²) < 4.78 is 3.37. The molecular weight excluding hydrogens is 434 g/mol. The number of fused-ring (bicyclic) bond motifs is 6. The highest BCUT2D eigenvalue weighted by atomic mass is 79.9. The number of hydrogen-bond acceptors (Lipinski definition) is 2. The molecule has 1 N–H and O–H groups in total. The van der Waals surface area contributed by atoms with Crippen molar-refractivity contribution >= 4 is 43.8 Å². The Morgan fingerprint density at radius 2 is 1.57 bits per heavy atom. The molecule has 0 atom stereocenters. The molecule has 0 fully saturated rings. The van der Waals surface area contributed by atoms with Gasteiger partial charge in [-0.05, 0) is 47.5 Å². The zero-order valence-electron chi connectivity index (χ0n) is 16.1. The Bertz CT molecular complexity index is 1430. The fourth-order valence-electron chi connectivity index (χ4n) is 4.40. The number of halogens is 1. The first-order valence-electron chi connectivity index (χ1n) is 9.98. The van der Waals surface area contributed by atoms with Gasteiger partial charge < -0.3 is 5.32 Å². The number of rotatable bonds is 2. The predicted octanol–water partition coefficient (Wildman–Crippen LogP) is 6.68. The van der Waals surface area contributed by atoms with E-state index in [9.17, 15) is 0 Å². The topological polar surface area (TPSA) is 29.9 Å². The second-order valence-corrected chi connectivity index (χ2v) is 8.38. The first-order chi connectivity index (χ1) is 14.8. The van der Waals surface area contributed by atoms with Gasteiger partial charge in [0.25, 0.3) is 0 Å². The van der Waals surface area contributed by atoms with Crippen LogP contribution in [-0.4, -0.2) is 9.55 Å². The Hall–Kier alpha value is -3.37. The molecule has 144 valence electrons. The molecular formula is C26H18BrN3. The summed E-state index contributed by atoms with van der Waals surface area (Å²) in [6.45, 7) is 0.781. The van der Waals surface area contributed by atoms with Gasteiger partial charge in [-0.2, -0.15) is 0 Å². The quantitative estimate of drug-likeness (QED) is 0.324. The van der Waals surface area contributed by atoms with Gasteiger partial charge in [-0.3, -0.25) is 4.57 Å². The molecule has 0 saturated carbocycles. The van der Waals surface area contributed by atoms with Crippen molar-refractivity contribution in [1.29, 1.82) is 0 Å². The van der Waals surface area contributed by atoms with Gasteiger partial charge >= 0.3 is 0 Å². The van der Waals surface area contributed by atoms with Gasteiger partial charge in [-0.1, -0.05) is 70.5 Å². The average Bonchev–Trinajstić information content (AvgIpc) is 3.21. The minimum absolute atomic E-state index is 0.781. The molecule has 4 aromatic carbocycles. The fraction of sp³-hybridized carbons (Fsp3) is 0.0385. The molecule has 2 heterocycles. The van der Waals surface area contributed by atoms with Gasteiger partial charge in [-0.15, -0.1) is 0 Å². The largest absolute Gasteiger partial charge is 0.387 e. The van der Waals surface area contributed by atoms with E-state index in [1.807, 2.05) is 12.3 Å². The van der Waals surface area contributed by atoms with Crippen LogP contribution in [0.4, 0.5) is 0 Å². The number of imidazole rings is 1. The SMILES string of the molecule is Brc1ccc(-n2c(-c3ccccc3)nc3c4ccccc4c4c(c32)CNC=C4)cc1. The first kappa shape index (κ1) is 17.5. The average molecular weight is 452 g/mol. The summed E-state index contributed by atoms with van der Waals surface area (Å²) in [5, 5.41) is 5.84. The zero-order chi connectivity index (χ0) is 20.1. The van der Waals surface area contributed by atoms with Crippen LogP contribution in [0.25, 0.3) is 45.0 Å². The number of nitrogens with zero attached hydrogens (tertiary/aromatic N) is 2. The molecule has 1 aliphatic heterocycles. The molecule has 30 heavy (non-hydrogen) atoms. The first-order valence-corrected chi connectivity index (χ1v) is 10.8. The van der Waals surface area contributed by atoms with Crippen LogP contribution >= 0.6 is 15.9 Å². The van der Waals surface area contributed by atoms with Crippen molar-refractivity contribution in [3.63, 3.8) is 0 Å². The summed E-state index contributed by atoms with van der Waals surface area (Å²) >= 11 is 3.57. The van der Waals surface area contributed by atoms with Gasteiger partial charge in [0.1, 0.15) is 5.82 Å². The maximum absolute atomic E-state index is 5.22. The molecule has 0 radical (unpaired) electrons. The van der Waals surface area contributed by atoms with E-state index in [4.69, 9.17) is 4.98 Å². The molecule has 0 unspecified atom stereocenters. The Labute approximate surface area is 182 Å². The van der Waals surface area contributed by atoms with E-state index in [2.05, 4.69) is 105 Å². The normalized spacial score (nSPS) is 12.8. The molecule has 0 bridgehead atoms. The standard InChI is InChI=1S/C26H18BrN3/c27-18-10-12-19(13-11-18)30-25-23-16-28-15-14-21(23)20-8-4-5-9-22(20)24(25)29-26(30)17-6-2-1-3-7-17/h1-15,28H,16H2. The van der Waals surface area contributed by atoms with Crippen molar-refractivity contribution in [3.05, 3.63) is 101 Å². The van der Waals surface area contributed by atoms with Crippen molar-refractivity contribution in [2.75, 3.05) is 0 Å². The predicted molar refractivity (Wildman–Crippen MR) is 128 cm³/mol. The smallest absolute Gasteiger partial charge is 0.145 e. The van der Waals surface area contributed by atoms with Gasteiger partial charge in [0.05, 0.1) is 11.0 Å². The van der Waals surface area contributed by atoms with Crippen molar-refractivity contribution in [2.24, 2.45) is 0 Å². The van der Waals surface area contributed by atoms with Crippen molar-refractivity contribution < 1.29 is 0 Å². The van der Waals surface area contributed by atoms with Crippen LogP contribution in [0, 0.1) is 0 Å². The summed E-state index contributed by atoms with van der Waals surface area (Å²) in [4.78, 5) is 5.22. The van der Waals surface area contributed by atoms with E-state index < -0.39 is 0 Å². The van der Waals surface area contributed by atoms with Crippen LogP contribution in [-0.2, 0) is 6.54 Å². The zero-order valence-corrected chi connectivity index (χ0v) is 17.7. The van der Waals surface area contributed by atoms with E-state index in [-0.39, 0.29) is 0 Å². The molecule has 1 aliphatic rings. The second-order valence-electron chi connectivity index (χ2n) is 7.46. The lowest BCUT2D eigenvalue weighted by Gasteiger charge is -2.19. The molecule has 6 rings (SSSR count). The minimum Gasteiger partial charge on any atom is -0.387 e. The van der Waals surface area contributed by atoms with E-state index in [1.165, 1.54) is 27.4 Å². The monoisotopic (exact) mass is 451 g/mol. The third-order valence-electron chi connectivity index (χ3n) is 5.72. The Kier molecular flexibility index (Phi) is 3.99. The molecule has 0 amide bonds. The number of nitrogens with one attached hydrogen (secondary N) is 1. The van der Waals surface area contributed by atoms with Gasteiger partial charge in [0.2, 0.25) is 0 Å². The Balaban J connectivity index is 1.83. The highest BCUT2D eigenvalue weighted by Gasteiger charge is 2.23. The van der Waals surface area contributed by atoms with E-state index in [0.717, 1.165) is 33.6 Å². The summed E-state index contributed by atoms with van der Waals surface area (Å²) in [5.74, 6) is 0.959. The fourth-order valence-corrected chi connectivity index (χ4v) is 4.66. The third-order valence-corrected chi connectivity index (χ3v) is 6.25. The van der Waals surface area contributed by atoms with E-state index in [0.29, 0.717) is 0 Å². The molecule has 5 aromatic rings. The number of hydrogen-bond donors (Lipinski definition) is 1. The molecule has 0 aliphatic carbocycles. The maximum Gasteiger partial charge on any atom is 0.145 e. The summed E-state index contributed by atoms with van der Waals surface area (Å²) in [6, 6.07) is 27.5. The Morgan fingerprint density at radius 1 is 0.833 bits per heavy atom. The van der Waals surface area contributed by atoms with Crippen LogP contribution in [0.3, 0.4) is 0 Å². The molecule has 0 saturated heterocycles. The molecule has 1 aromatic heterocycles. The lowest BCUT2D eigenvalue weighted by molar-refractivity contribution is 0.862. The summed E-state index contributed by atoms with van der Waals surface area (Å²) in [7, 11) is 0. The Morgan fingerprint density at radius 3 is 2.37 bits per heavy atom. The van der Waals surface area contributed by atoms with Gasteiger partial charge in [0.15, 0.2) is 0 Å². The lowest BCUT2D eigenvalue weighted by Crippen LogP contribution is -2.12. The van der Waals surface area contributed by atoms with Crippen molar-refractivity contribution in [3.8, 4) is 17.1 Å². The summed E-state index contributed by atoms with van der Waals surface area (Å²) in [5.41, 5.74) is 6.98. The van der Waals surface area contributed by atoms with E-state index in [1.54, 1.807) is 0 Å². The van der Waals surface area contributed by atoms with E-state index >= 15 is 0 Å². The lowest BCUT2D eigenvalue weighted by atomic mass is 9.95. The van der Waals surface area contributed by atoms with Crippen LogP contribution in [0.1, 0.15) is 11.1 Å². The maximum atomic E-state index is 5.22. The molecule has 3 nitrogen and oxygen atoms in total. The second kappa shape index (κ2) is 6.85. The van der Waals surface area contributed by atoms with Gasteiger partial charge in [0, 0.05) is 33.2 Å².